The van der Waals surface area contributed by atoms with E-state index in [0.717, 1.165) is 21.9 Å². The predicted molar refractivity (Wildman–Crippen MR) is 117 cm³/mol. The number of fused-ring (bicyclic) bond motifs is 2. The minimum atomic E-state index is -0.220. The first-order chi connectivity index (χ1) is 14.6. The summed E-state index contributed by atoms with van der Waals surface area (Å²) in [6, 6.07) is 13.1. The molecule has 30 heavy (non-hydrogen) atoms. The highest BCUT2D eigenvalue weighted by Gasteiger charge is 2.21. The van der Waals surface area contributed by atoms with Crippen LogP contribution in [0.1, 0.15) is 0 Å². The molecule has 2 heterocycles. The molecule has 0 aliphatic carbocycles. The summed E-state index contributed by atoms with van der Waals surface area (Å²) in [5, 5.41) is 4.30. The third-order valence-corrected chi connectivity index (χ3v) is 5.83. The lowest BCUT2D eigenvalue weighted by Crippen LogP contribution is -2.41. The second kappa shape index (κ2) is 9.59. The van der Waals surface area contributed by atoms with Crippen LogP contribution in [0.4, 0.5) is 0 Å². The zero-order valence-electron chi connectivity index (χ0n) is 16.5. The lowest BCUT2D eigenvalue weighted by atomic mass is 10.2. The van der Waals surface area contributed by atoms with E-state index in [1.807, 2.05) is 47.0 Å². The number of rotatable bonds is 8. The highest BCUT2D eigenvalue weighted by atomic mass is 35.5. The van der Waals surface area contributed by atoms with E-state index < -0.39 is 0 Å². The summed E-state index contributed by atoms with van der Waals surface area (Å²) >= 11 is 7.47. The van der Waals surface area contributed by atoms with E-state index in [1.165, 1.54) is 11.8 Å². The quantitative estimate of drug-likeness (QED) is 0.533. The number of hydrogen-bond acceptors (Lipinski definition) is 6. The van der Waals surface area contributed by atoms with E-state index in [9.17, 15) is 4.79 Å². The van der Waals surface area contributed by atoms with Gasteiger partial charge in [0.05, 0.1) is 29.9 Å². The van der Waals surface area contributed by atoms with Gasteiger partial charge in [0, 0.05) is 18.7 Å². The monoisotopic (exact) mass is 447 g/mol. The van der Waals surface area contributed by atoms with Gasteiger partial charge in [-0.1, -0.05) is 35.5 Å². The summed E-state index contributed by atoms with van der Waals surface area (Å²) in [7, 11) is 1.66. The molecule has 0 spiro atoms. The van der Waals surface area contributed by atoms with Crippen molar-refractivity contribution in [3.8, 4) is 11.5 Å². The third-order valence-electron chi connectivity index (χ3n) is 4.62. The Hall–Kier alpha value is -2.42. The molecule has 0 fully saturated rings. The first-order valence-electron chi connectivity index (χ1n) is 9.57. The van der Waals surface area contributed by atoms with Gasteiger partial charge in [-0.25, -0.2) is 4.98 Å². The van der Waals surface area contributed by atoms with Crippen molar-refractivity contribution in [2.75, 3.05) is 32.6 Å². The number of amides is 1. The molecule has 1 N–H and O–H groups in total. The topological polar surface area (TPSA) is 74.6 Å². The van der Waals surface area contributed by atoms with Gasteiger partial charge in [0.2, 0.25) is 5.91 Å². The Bertz CT molecular complexity index is 1040. The van der Waals surface area contributed by atoms with Crippen LogP contribution in [-0.2, 0) is 16.1 Å². The molecule has 1 aliphatic heterocycles. The highest BCUT2D eigenvalue weighted by molar-refractivity contribution is 7.99. The van der Waals surface area contributed by atoms with Crippen LogP contribution in [0.2, 0.25) is 5.02 Å². The number of nitrogens with zero attached hydrogens (tertiary/aromatic N) is 2. The number of imidazole rings is 1. The molecule has 158 valence electrons. The lowest BCUT2D eigenvalue weighted by molar-refractivity contribution is -0.119. The molecule has 1 unspecified atom stereocenters. The van der Waals surface area contributed by atoms with Gasteiger partial charge >= 0.3 is 0 Å². The van der Waals surface area contributed by atoms with Crippen molar-refractivity contribution in [1.82, 2.24) is 14.9 Å². The largest absolute Gasteiger partial charge is 0.486 e. The first kappa shape index (κ1) is 20.8. The number of halogens is 1. The molecule has 3 aromatic rings. The maximum atomic E-state index is 12.4. The van der Waals surface area contributed by atoms with Crippen LogP contribution in [0, 0.1) is 0 Å². The number of thioether (sulfide) groups is 1. The van der Waals surface area contributed by atoms with Gasteiger partial charge in [-0.05, 0) is 30.3 Å². The fourth-order valence-electron chi connectivity index (χ4n) is 3.16. The lowest BCUT2D eigenvalue weighted by Gasteiger charge is -2.26. The first-order valence-corrected chi connectivity index (χ1v) is 10.9. The van der Waals surface area contributed by atoms with Crippen molar-refractivity contribution in [2.24, 2.45) is 0 Å². The number of carbonyl (C=O) groups excluding carboxylic acids is 1. The van der Waals surface area contributed by atoms with Crippen LogP contribution in [0.5, 0.6) is 11.5 Å². The van der Waals surface area contributed by atoms with Crippen molar-refractivity contribution in [3.05, 3.63) is 47.5 Å². The second-order valence-corrected chi connectivity index (χ2v) is 8.14. The van der Waals surface area contributed by atoms with Crippen LogP contribution in [-0.4, -0.2) is 54.2 Å². The minimum Gasteiger partial charge on any atom is -0.486 e. The smallest absolute Gasteiger partial charge is 0.230 e. The number of benzene rings is 2. The molecule has 1 amide bonds. The molecule has 1 aromatic heterocycles. The van der Waals surface area contributed by atoms with Crippen molar-refractivity contribution in [3.63, 3.8) is 0 Å². The van der Waals surface area contributed by atoms with Crippen LogP contribution >= 0.6 is 23.4 Å². The van der Waals surface area contributed by atoms with Gasteiger partial charge in [0.25, 0.3) is 0 Å². The Kier molecular flexibility index (Phi) is 6.66. The maximum absolute atomic E-state index is 12.4. The number of para-hydroxylation sites is 2. The maximum Gasteiger partial charge on any atom is 0.230 e. The Balaban J connectivity index is 1.34. The number of carbonyl (C=O) groups is 1. The molecule has 0 saturated carbocycles. The Morgan fingerprint density at radius 3 is 3.00 bits per heavy atom. The molecule has 0 radical (unpaired) electrons. The predicted octanol–water partition coefficient (Wildman–Crippen LogP) is 3.38. The van der Waals surface area contributed by atoms with Crippen LogP contribution < -0.4 is 14.8 Å². The summed E-state index contributed by atoms with van der Waals surface area (Å²) in [5.74, 6) is 1.58. The third kappa shape index (κ3) is 4.83. The molecule has 9 heteroatoms. The van der Waals surface area contributed by atoms with Crippen LogP contribution in [0.3, 0.4) is 0 Å². The van der Waals surface area contributed by atoms with Gasteiger partial charge < -0.3 is 24.1 Å². The standard InChI is InChI=1S/C21H22ClN3O4S/c1-27-9-8-25-17-7-6-14(22)10-16(17)24-21(25)30-13-20(26)23-11-15-12-28-18-4-2-3-5-19(18)29-15/h2-7,10,15H,8-9,11-13H2,1H3,(H,23,26). The summed E-state index contributed by atoms with van der Waals surface area (Å²) in [6.45, 7) is 1.97. The second-order valence-electron chi connectivity index (χ2n) is 6.76. The van der Waals surface area contributed by atoms with Crippen LogP contribution in [0.25, 0.3) is 11.0 Å². The number of hydrogen-bond donors (Lipinski definition) is 1. The van der Waals surface area contributed by atoms with E-state index in [4.69, 9.17) is 25.8 Å². The van der Waals surface area contributed by atoms with Gasteiger partial charge in [0.15, 0.2) is 16.7 Å². The van der Waals surface area contributed by atoms with Crippen molar-refractivity contribution in [1.29, 1.82) is 0 Å². The molecule has 0 saturated heterocycles. The van der Waals surface area contributed by atoms with Crippen molar-refractivity contribution in [2.45, 2.75) is 17.8 Å². The van der Waals surface area contributed by atoms with E-state index in [-0.39, 0.29) is 17.8 Å². The van der Waals surface area contributed by atoms with E-state index in [1.54, 1.807) is 7.11 Å². The molecule has 1 atom stereocenters. The Morgan fingerprint density at radius 1 is 1.33 bits per heavy atom. The summed E-state index contributed by atoms with van der Waals surface area (Å²) in [6.07, 6.45) is -0.220. The summed E-state index contributed by atoms with van der Waals surface area (Å²) in [5.41, 5.74) is 1.76. The Labute approximate surface area is 183 Å². The number of aromatic nitrogens is 2. The number of ether oxygens (including phenoxy) is 3. The molecular weight excluding hydrogens is 426 g/mol. The van der Waals surface area contributed by atoms with Gasteiger partial charge in [-0.15, -0.1) is 0 Å². The fourth-order valence-corrected chi connectivity index (χ4v) is 4.20. The van der Waals surface area contributed by atoms with E-state index >= 15 is 0 Å². The van der Waals surface area contributed by atoms with Gasteiger partial charge in [-0.2, -0.15) is 0 Å². The molecule has 1 aliphatic rings. The zero-order chi connectivity index (χ0) is 20.9. The minimum absolute atomic E-state index is 0.0918. The molecule has 0 bridgehead atoms. The van der Waals surface area contributed by atoms with Gasteiger partial charge in [-0.3, -0.25) is 4.79 Å². The molecular formula is C21H22ClN3O4S. The van der Waals surface area contributed by atoms with Gasteiger partial charge in [0.1, 0.15) is 12.7 Å². The molecule has 4 rings (SSSR count). The normalized spacial score (nSPS) is 15.3. The number of methoxy groups -OCH3 is 1. The van der Waals surface area contributed by atoms with Crippen LogP contribution in [0.15, 0.2) is 47.6 Å². The highest BCUT2D eigenvalue weighted by Crippen LogP contribution is 2.30. The summed E-state index contributed by atoms with van der Waals surface area (Å²) in [4.78, 5) is 17.0. The Morgan fingerprint density at radius 2 is 2.17 bits per heavy atom. The van der Waals surface area contributed by atoms with E-state index in [0.29, 0.717) is 37.1 Å². The van der Waals surface area contributed by atoms with Crippen molar-refractivity contribution >= 4 is 40.3 Å². The molecule has 2 aromatic carbocycles. The average molecular weight is 448 g/mol. The zero-order valence-corrected chi connectivity index (χ0v) is 18.0. The number of nitrogens with one attached hydrogen (secondary N) is 1. The van der Waals surface area contributed by atoms with Crippen molar-refractivity contribution < 1.29 is 19.0 Å². The summed E-state index contributed by atoms with van der Waals surface area (Å²) < 4.78 is 18.8. The molecule has 7 nitrogen and oxygen atoms in total. The fraction of sp³-hybridized carbons (Fsp3) is 0.333. The average Bonchev–Trinajstić information content (AvgIpc) is 3.10. The SMILES string of the molecule is COCCn1c(SCC(=O)NCC2COc3ccccc3O2)nc2cc(Cl)ccc21. The van der Waals surface area contributed by atoms with E-state index in [2.05, 4.69) is 10.3 Å².